The van der Waals surface area contributed by atoms with Crippen molar-refractivity contribution in [2.24, 2.45) is 5.73 Å². The van der Waals surface area contributed by atoms with Crippen LogP contribution in [0.1, 0.15) is 12.0 Å². The molecule has 0 aliphatic carbocycles. The molecule has 1 aromatic carbocycles. The Kier molecular flexibility index (Phi) is 9.31. The van der Waals surface area contributed by atoms with Gasteiger partial charge in [-0.2, -0.15) is 0 Å². The third-order valence-electron chi connectivity index (χ3n) is 3.39. The molecule has 0 fully saturated rings. The lowest BCUT2D eigenvalue weighted by Crippen LogP contribution is -2.35. The lowest BCUT2D eigenvalue weighted by atomic mass is 10.2. The van der Waals surface area contributed by atoms with Gasteiger partial charge in [0.05, 0.1) is 14.2 Å². The number of rotatable bonds is 11. The molecule has 9 nitrogen and oxygen atoms in total. The van der Waals surface area contributed by atoms with Crippen LogP contribution in [0.5, 0.6) is 5.75 Å². The number of thioether (sulfide) groups is 1. The Balaban J connectivity index is 2.58. The molecule has 10 heteroatoms. The number of methoxy groups -OCH3 is 2. The number of hydrogen-bond donors (Lipinski definition) is 2. The Morgan fingerprint density at radius 1 is 1.15 bits per heavy atom. The number of aliphatic carboxylic acids is 1. The molecular weight excluding hydrogens is 378 g/mol. The van der Waals surface area contributed by atoms with Crippen molar-refractivity contribution < 1.29 is 38.5 Å². The number of nitrogens with two attached hydrogens (primary N) is 1. The van der Waals surface area contributed by atoms with Crippen LogP contribution in [0.15, 0.2) is 24.3 Å². The van der Waals surface area contributed by atoms with Crippen LogP contribution in [0.2, 0.25) is 0 Å². The topological polar surface area (TPSA) is 142 Å². The van der Waals surface area contributed by atoms with Crippen molar-refractivity contribution in [1.29, 1.82) is 0 Å². The zero-order valence-electron chi connectivity index (χ0n) is 14.9. The molecule has 0 spiro atoms. The number of hydrogen-bond acceptors (Lipinski definition) is 9. The monoisotopic (exact) mass is 399 g/mol. The maximum atomic E-state index is 12.0. The second kappa shape index (κ2) is 11.2. The fourth-order valence-corrected chi connectivity index (χ4v) is 2.92. The molecule has 0 bridgehead atoms. The summed E-state index contributed by atoms with van der Waals surface area (Å²) in [5.41, 5.74) is 6.03. The van der Waals surface area contributed by atoms with E-state index < -0.39 is 41.4 Å². The summed E-state index contributed by atoms with van der Waals surface area (Å²) in [5.74, 6) is -3.49. The molecule has 0 saturated carbocycles. The molecule has 0 heterocycles. The maximum absolute atomic E-state index is 12.0. The van der Waals surface area contributed by atoms with Gasteiger partial charge in [0.25, 0.3) is 0 Å². The molecule has 0 aliphatic rings. The number of carbonyl (C=O) groups excluding carboxylic acids is 3. The van der Waals surface area contributed by atoms with Crippen LogP contribution in [-0.4, -0.2) is 60.1 Å². The van der Waals surface area contributed by atoms with Crippen molar-refractivity contribution in [3.63, 3.8) is 0 Å². The van der Waals surface area contributed by atoms with Gasteiger partial charge >= 0.3 is 17.9 Å². The van der Waals surface area contributed by atoms with E-state index in [1.54, 1.807) is 24.3 Å². The summed E-state index contributed by atoms with van der Waals surface area (Å²) in [6.45, 7) is -0.117. The van der Waals surface area contributed by atoms with Crippen molar-refractivity contribution in [2.45, 2.75) is 24.3 Å². The zero-order chi connectivity index (χ0) is 20.4. The molecule has 27 heavy (non-hydrogen) atoms. The van der Waals surface area contributed by atoms with E-state index in [1.807, 2.05) is 0 Å². The predicted octanol–water partition coefficient (Wildman–Crippen LogP) is 0.384. The predicted molar refractivity (Wildman–Crippen MR) is 96.3 cm³/mol. The quantitative estimate of drug-likeness (QED) is 0.396. The van der Waals surface area contributed by atoms with Gasteiger partial charge in [0.15, 0.2) is 0 Å². The van der Waals surface area contributed by atoms with Gasteiger partial charge in [-0.1, -0.05) is 12.1 Å². The number of Topliss-reactive ketones (excluding diaryl/α,β-unsaturated/α-hetero) is 1. The molecule has 2 atom stereocenters. The van der Waals surface area contributed by atoms with Crippen LogP contribution in [0, 0.1) is 0 Å². The first-order valence-electron chi connectivity index (χ1n) is 7.79. The largest absolute Gasteiger partial charge is 0.497 e. The lowest BCUT2D eigenvalue weighted by Gasteiger charge is -2.14. The Hall–Kier alpha value is -2.59. The average Bonchev–Trinajstić information content (AvgIpc) is 2.68. The van der Waals surface area contributed by atoms with E-state index in [1.165, 1.54) is 7.11 Å². The smallest absolute Gasteiger partial charge is 0.374 e. The number of carboxylic acid groups (broad SMARTS) is 1. The second-order valence-corrected chi connectivity index (χ2v) is 6.58. The standard InChI is InChI=1S/C17H21NO8S/c1-24-11-5-3-10(4-6-11)8-26-16(22)13(19)7-14(17(23)25-2)27-9-12(18)15(20)21/h3-6,12,14H,7-9,18H2,1-2H3,(H,20,21)/t12-,14?/m0/s1. The summed E-state index contributed by atoms with van der Waals surface area (Å²) >= 11 is 0.832. The number of carbonyl (C=O) groups is 4. The van der Waals surface area contributed by atoms with Crippen molar-refractivity contribution in [3.05, 3.63) is 29.8 Å². The lowest BCUT2D eigenvalue weighted by molar-refractivity contribution is -0.155. The first kappa shape index (κ1) is 22.5. The Bertz CT molecular complexity index is 676. The summed E-state index contributed by atoms with van der Waals surface area (Å²) in [5, 5.41) is 7.71. The molecule has 3 N–H and O–H groups in total. The molecule has 0 radical (unpaired) electrons. The normalized spacial score (nSPS) is 12.6. The minimum atomic E-state index is -1.24. The fourth-order valence-electron chi connectivity index (χ4n) is 1.84. The van der Waals surface area contributed by atoms with Crippen LogP contribution in [0.25, 0.3) is 0 Å². The van der Waals surface area contributed by atoms with Gasteiger partial charge in [0, 0.05) is 12.2 Å². The number of benzene rings is 1. The minimum Gasteiger partial charge on any atom is -0.497 e. The average molecular weight is 399 g/mol. The number of esters is 2. The highest BCUT2D eigenvalue weighted by atomic mass is 32.2. The summed E-state index contributed by atoms with van der Waals surface area (Å²) in [7, 11) is 2.65. The van der Waals surface area contributed by atoms with Crippen molar-refractivity contribution >= 4 is 35.5 Å². The van der Waals surface area contributed by atoms with Crippen LogP contribution >= 0.6 is 11.8 Å². The van der Waals surface area contributed by atoms with Gasteiger partial charge in [0.1, 0.15) is 23.6 Å². The Morgan fingerprint density at radius 2 is 1.78 bits per heavy atom. The van der Waals surface area contributed by atoms with Crippen LogP contribution in [-0.2, 0) is 35.3 Å². The van der Waals surface area contributed by atoms with E-state index in [9.17, 15) is 19.2 Å². The van der Waals surface area contributed by atoms with Crippen LogP contribution < -0.4 is 10.5 Å². The maximum Gasteiger partial charge on any atom is 0.374 e. The van der Waals surface area contributed by atoms with E-state index in [0.717, 1.165) is 18.9 Å². The summed E-state index contributed by atoms with van der Waals surface area (Å²) in [4.78, 5) is 46.3. The summed E-state index contributed by atoms with van der Waals surface area (Å²) in [6.07, 6.45) is -0.481. The molecule has 1 rings (SSSR count). The van der Waals surface area contributed by atoms with Gasteiger partial charge < -0.3 is 25.1 Å². The van der Waals surface area contributed by atoms with Crippen molar-refractivity contribution in [2.75, 3.05) is 20.0 Å². The third-order valence-corrected chi connectivity index (χ3v) is 4.70. The highest BCUT2D eigenvalue weighted by Gasteiger charge is 2.29. The molecule has 0 amide bonds. The molecule has 0 aliphatic heterocycles. The second-order valence-electron chi connectivity index (χ2n) is 5.34. The Morgan fingerprint density at radius 3 is 2.30 bits per heavy atom. The summed E-state index contributed by atoms with van der Waals surface area (Å²) < 4.78 is 14.5. The van der Waals surface area contributed by atoms with Crippen molar-refractivity contribution in [1.82, 2.24) is 0 Å². The Labute approximate surface area is 160 Å². The SMILES string of the molecule is COC(=O)C(CC(=O)C(=O)OCc1ccc(OC)cc1)SC[C@H](N)C(=O)O. The molecule has 148 valence electrons. The van der Waals surface area contributed by atoms with Gasteiger partial charge in [-0.15, -0.1) is 11.8 Å². The van der Waals surface area contributed by atoms with Crippen molar-refractivity contribution in [3.8, 4) is 5.75 Å². The van der Waals surface area contributed by atoms with E-state index in [-0.39, 0.29) is 12.4 Å². The molecule has 1 unspecified atom stereocenters. The third kappa shape index (κ3) is 7.67. The van der Waals surface area contributed by atoms with Crippen LogP contribution in [0.4, 0.5) is 0 Å². The van der Waals surface area contributed by atoms with Crippen LogP contribution in [0.3, 0.4) is 0 Å². The van der Waals surface area contributed by atoms with E-state index in [4.69, 9.17) is 20.3 Å². The van der Waals surface area contributed by atoms with E-state index in [2.05, 4.69) is 4.74 Å². The fraction of sp³-hybridized carbons (Fsp3) is 0.412. The first-order valence-corrected chi connectivity index (χ1v) is 8.84. The molecule has 0 saturated heterocycles. The highest BCUT2D eigenvalue weighted by molar-refractivity contribution is 8.00. The summed E-state index contributed by atoms with van der Waals surface area (Å²) in [6, 6.07) is 5.51. The highest BCUT2D eigenvalue weighted by Crippen LogP contribution is 2.18. The van der Waals surface area contributed by atoms with Gasteiger partial charge in [-0.3, -0.25) is 14.4 Å². The number of ketones is 1. The van der Waals surface area contributed by atoms with Gasteiger partial charge in [-0.25, -0.2) is 4.79 Å². The van der Waals surface area contributed by atoms with Gasteiger partial charge in [0.2, 0.25) is 5.78 Å². The molecule has 1 aromatic rings. The minimum absolute atomic E-state index is 0.117. The van der Waals surface area contributed by atoms with E-state index in [0.29, 0.717) is 11.3 Å². The van der Waals surface area contributed by atoms with E-state index >= 15 is 0 Å². The number of carboxylic acids is 1. The van der Waals surface area contributed by atoms with Gasteiger partial charge in [-0.05, 0) is 17.7 Å². The first-order chi connectivity index (χ1) is 12.8. The number of ether oxygens (including phenoxy) is 3. The molecular formula is C17H21NO8S. The zero-order valence-corrected chi connectivity index (χ0v) is 15.7. The molecule has 0 aromatic heterocycles.